The first-order valence-electron chi connectivity index (χ1n) is 10.5. The molecule has 6 nitrogen and oxygen atoms in total. The van der Waals surface area contributed by atoms with E-state index in [4.69, 9.17) is 10.1 Å². The van der Waals surface area contributed by atoms with Crippen LogP contribution in [0.4, 0.5) is 5.69 Å². The maximum Gasteiger partial charge on any atom is 0.146 e. The van der Waals surface area contributed by atoms with Crippen molar-refractivity contribution in [3.8, 4) is 0 Å². The molecule has 1 aliphatic carbocycles. The van der Waals surface area contributed by atoms with Crippen LogP contribution in [0.1, 0.15) is 40.0 Å². The Morgan fingerprint density at radius 1 is 1.37 bits per heavy atom. The average molecular weight is 516 g/mol. The van der Waals surface area contributed by atoms with Crippen molar-refractivity contribution in [1.29, 1.82) is 0 Å². The molecule has 1 aromatic heterocycles. The van der Waals surface area contributed by atoms with Crippen LogP contribution in [0.2, 0.25) is 0 Å². The van der Waals surface area contributed by atoms with Crippen LogP contribution < -0.4 is 5.01 Å². The molecule has 158 valence electrons. The average Bonchev–Trinajstić information content (AvgIpc) is 3.37. The summed E-state index contributed by atoms with van der Waals surface area (Å²) in [6.07, 6.45) is 9.68. The minimum Gasteiger partial charge on any atom is -0.345 e. The number of aryl methyl sites for hydroxylation is 1. The number of aliphatic imine (C=N–C) groups is 1. The highest BCUT2D eigenvalue weighted by molar-refractivity contribution is 14.1. The van der Waals surface area contributed by atoms with Gasteiger partial charge in [-0.3, -0.25) is 9.67 Å². The largest absolute Gasteiger partial charge is 0.345 e. The molecule has 4 rings (SSSR count). The zero-order valence-electron chi connectivity index (χ0n) is 18.1. The number of aromatic nitrogens is 2. The molecule has 0 bridgehead atoms. The smallest absolute Gasteiger partial charge is 0.146 e. The number of halogens is 1. The van der Waals surface area contributed by atoms with Crippen LogP contribution >= 0.6 is 22.6 Å². The normalized spacial score (nSPS) is 18.8. The molecule has 1 saturated carbocycles. The summed E-state index contributed by atoms with van der Waals surface area (Å²) in [6, 6.07) is 6.24. The lowest BCUT2D eigenvalue weighted by atomic mass is 10.1. The topological polar surface area (TPSA) is 49.0 Å². The van der Waals surface area contributed by atoms with E-state index in [1.807, 2.05) is 35.2 Å². The van der Waals surface area contributed by atoms with Crippen LogP contribution in [0.15, 0.2) is 56.5 Å². The van der Waals surface area contributed by atoms with Gasteiger partial charge in [-0.05, 0) is 79.8 Å². The lowest BCUT2D eigenvalue weighted by molar-refractivity contribution is 0.466. The van der Waals surface area contributed by atoms with Crippen molar-refractivity contribution in [2.75, 3.05) is 11.6 Å². The Hall–Kier alpha value is -2.16. The van der Waals surface area contributed by atoms with Crippen molar-refractivity contribution in [2.24, 2.45) is 23.1 Å². The third-order valence-electron chi connectivity index (χ3n) is 5.42. The monoisotopic (exact) mass is 516 g/mol. The van der Waals surface area contributed by atoms with E-state index in [1.165, 1.54) is 12.8 Å². The predicted molar refractivity (Wildman–Crippen MR) is 134 cm³/mol. The highest BCUT2D eigenvalue weighted by Crippen LogP contribution is 2.36. The van der Waals surface area contributed by atoms with E-state index in [9.17, 15) is 0 Å². The third-order valence-corrected chi connectivity index (χ3v) is 6.21. The summed E-state index contributed by atoms with van der Waals surface area (Å²) >= 11 is 2.37. The fourth-order valence-electron chi connectivity index (χ4n) is 3.63. The number of anilines is 1. The molecule has 0 amide bonds. The van der Waals surface area contributed by atoms with Crippen LogP contribution in [-0.2, 0) is 7.05 Å². The third kappa shape index (κ3) is 4.31. The Kier molecular flexibility index (Phi) is 5.74. The van der Waals surface area contributed by atoms with E-state index in [0.717, 1.165) is 50.5 Å². The fraction of sp³-hybridized carbons (Fsp3) is 0.435. The van der Waals surface area contributed by atoms with Crippen LogP contribution in [-0.4, -0.2) is 38.8 Å². The molecule has 30 heavy (non-hydrogen) atoms. The highest BCUT2D eigenvalue weighted by Gasteiger charge is 2.32. The van der Waals surface area contributed by atoms with Crippen molar-refractivity contribution in [2.45, 2.75) is 45.7 Å². The summed E-state index contributed by atoms with van der Waals surface area (Å²) in [4.78, 5) is 7.07. The number of allylic oxidation sites excluding steroid dienone is 1. The molecule has 0 radical (unpaired) electrons. The van der Waals surface area contributed by atoms with Gasteiger partial charge in [0.05, 0.1) is 20.5 Å². The molecule has 7 heteroatoms. The fourth-order valence-corrected chi connectivity index (χ4v) is 4.39. The van der Waals surface area contributed by atoms with E-state index >= 15 is 0 Å². The number of benzene rings is 1. The van der Waals surface area contributed by atoms with Gasteiger partial charge in [0.15, 0.2) is 0 Å². The van der Waals surface area contributed by atoms with Gasteiger partial charge in [-0.1, -0.05) is 13.5 Å². The van der Waals surface area contributed by atoms with Gasteiger partial charge in [-0.25, -0.2) is 5.01 Å². The van der Waals surface area contributed by atoms with Crippen molar-refractivity contribution >= 4 is 51.1 Å². The molecule has 0 atom stereocenters. The van der Waals surface area contributed by atoms with Gasteiger partial charge >= 0.3 is 0 Å². The Bertz CT molecular complexity index is 1060. The number of fused-ring (bicyclic) bond motifs is 1. The number of hydrazone groups is 1. The molecule has 2 aromatic rings. The van der Waals surface area contributed by atoms with Gasteiger partial charge in [-0.2, -0.15) is 10.2 Å². The van der Waals surface area contributed by atoms with Crippen molar-refractivity contribution < 1.29 is 0 Å². The van der Waals surface area contributed by atoms with Gasteiger partial charge < -0.3 is 4.90 Å². The minimum atomic E-state index is -0.542. The Morgan fingerprint density at radius 2 is 2.13 bits per heavy atom. The second-order valence-electron chi connectivity index (χ2n) is 8.54. The van der Waals surface area contributed by atoms with E-state index in [2.05, 4.69) is 78.3 Å². The molecule has 1 aliphatic heterocycles. The van der Waals surface area contributed by atoms with E-state index in [1.54, 1.807) is 0 Å². The lowest BCUT2D eigenvalue weighted by Crippen LogP contribution is -2.40. The molecule has 0 saturated heterocycles. The first-order valence-corrected chi connectivity index (χ1v) is 11.6. The molecular weight excluding hydrogens is 487 g/mol. The van der Waals surface area contributed by atoms with Gasteiger partial charge in [0, 0.05) is 37.6 Å². The van der Waals surface area contributed by atoms with Crippen LogP contribution in [0.5, 0.6) is 0 Å². The summed E-state index contributed by atoms with van der Waals surface area (Å²) in [6.45, 7) is 11.7. The Morgan fingerprint density at radius 3 is 2.83 bits per heavy atom. The van der Waals surface area contributed by atoms with Crippen LogP contribution in [0.25, 0.3) is 10.9 Å². The summed E-state index contributed by atoms with van der Waals surface area (Å²) in [5, 5.41) is 12.7. The zero-order valence-corrected chi connectivity index (χ0v) is 20.3. The minimum absolute atomic E-state index is 0.542. The second-order valence-corrected chi connectivity index (χ2v) is 9.70. The Labute approximate surface area is 192 Å². The molecular formula is C23H29IN6. The molecule has 1 fully saturated rings. The van der Waals surface area contributed by atoms with Crippen molar-refractivity contribution in [1.82, 2.24) is 14.7 Å². The van der Waals surface area contributed by atoms with Crippen LogP contribution in [0.3, 0.4) is 0 Å². The second kappa shape index (κ2) is 8.17. The lowest BCUT2D eigenvalue weighted by Gasteiger charge is -2.34. The van der Waals surface area contributed by atoms with Gasteiger partial charge in [0.2, 0.25) is 0 Å². The van der Waals surface area contributed by atoms with Crippen molar-refractivity contribution in [3.05, 3.63) is 46.5 Å². The van der Waals surface area contributed by atoms with Crippen molar-refractivity contribution in [3.63, 3.8) is 0 Å². The standard InChI is InChI=1S/C23H29IN6/c1-6-11-25-23(3,4)30(19-9-10-21-18(12-19)14-28(5)26-21)27-22-16(2)29(15-20(22)24)13-17-7-8-17/h9-12,14-15,17H,2,6-8,13H2,1,3-5H3/b25-11-,27-22+. The molecule has 2 aliphatic rings. The van der Waals surface area contributed by atoms with E-state index in [-0.39, 0.29) is 0 Å². The maximum atomic E-state index is 5.12. The van der Waals surface area contributed by atoms with Crippen LogP contribution in [0, 0.1) is 5.92 Å². The van der Waals surface area contributed by atoms with E-state index in [0.29, 0.717) is 0 Å². The maximum absolute atomic E-state index is 5.12. The van der Waals surface area contributed by atoms with Gasteiger partial charge in [-0.15, -0.1) is 0 Å². The predicted octanol–water partition coefficient (Wildman–Crippen LogP) is 5.47. The molecule has 0 unspecified atom stereocenters. The molecule has 0 spiro atoms. The van der Waals surface area contributed by atoms with Gasteiger partial charge in [0.25, 0.3) is 0 Å². The number of hydrogen-bond donors (Lipinski definition) is 0. The number of hydrogen-bond acceptors (Lipinski definition) is 5. The summed E-state index contributed by atoms with van der Waals surface area (Å²) in [7, 11) is 1.94. The van der Waals surface area contributed by atoms with E-state index < -0.39 is 5.66 Å². The first kappa shape index (κ1) is 21.1. The summed E-state index contributed by atoms with van der Waals surface area (Å²) in [5.41, 5.74) is 3.30. The number of nitrogens with zero attached hydrogens (tertiary/aromatic N) is 6. The molecule has 0 N–H and O–H groups in total. The molecule has 1 aromatic carbocycles. The molecule has 2 heterocycles. The summed E-state index contributed by atoms with van der Waals surface area (Å²) < 4.78 is 2.95. The highest BCUT2D eigenvalue weighted by atomic mass is 127. The number of rotatable bonds is 7. The first-order chi connectivity index (χ1) is 14.3. The van der Waals surface area contributed by atoms with Gasteiger partial charge in [0.1, 0.15) is 11.4 Å². The quantitative estimate of drug-likeness (QED) is 0.279. The zero-order chi connectivity index (χ0) is 21.5. The Balaban J connectivity index is 1.75. The SMILES string of the molecule is C=C1/C(=N\N(c2ccc3nn(C)cc3c2)C(C)(C)/N=C\CC)C(I)=CN1CC1CC1. The summed E-state index contributed by atoms with van der Waals surface area (Å²) in [5.74, 6) is 0.788.